The smallest absolute Gasteiger partial charge is 0.330 e. The van der Waals surface area contributed by atoms with Crippen LogP contribution in [0, 0.1) is 5.82 Å². The number of hydrogen-bond acceptors (Lipinski definition) is 5. The number of H-pyrrole nitrogens is 1. The van der Waals surface area contributed by atoms with E-state index in [0.717, 1.165) is 5.56 Å². The van der Waals surface area contributed by atoms with Gasteiger partial charge in [0.05, 0.1) is 6.54 Å². The Kier molecular flexibility index (Phi) is 6.31. The highest BCUT2D eigenvalue weighted by molar-refractivity contribution is 5.91. The average molecular weight is 411 g/mol. The summed E-state index contributed by atoms with van der Waals surface area (Å²) >= 11 is 0. The van der Waals surface area contributed by atoms with Gasteiger partial charge in [-0.25, -0.2) is 9.18 Å². The quantitative estimate of drug-likeness (QED) is 0.548. The molecule has 0 spiro atoms. The number of amides is 1. The van der Waals surface area contributed by atoms with E-state index in [1.54, 1.807) is 7.05 Å². The van der Waals surface area contributed by atoms with Crippen molar-refractivity contribution in [2.45, 2.75) is 13.0 Å². The van der Waals surface area contributed by atoms with Crippen molar-refractivity contribution in [2.75, 3.05) is 29.5 Å². The summed E-state index contributed by atoms with van der Waals surface area (Å²) < 4.78 is 14.2. The molecule has 0 atom stereocenters. The van der Waals surface area contributed by atoms with Gasteiger partial charge in [0.25, 0.3) is 5.56 Å². The second kappa shape index (κ2) is 9.08. The minimum atomic E-state index is -0.622. The molecule has 1 aromatic heterocycles. The number of aromatic amines is 1. The van der Waals surface area contributed by atoms with Crippen molar-refractivity contribution in [3.8, 4) is 0 Å². The molecule has 0 unspecified atom stereocenters. The van der Waals surface area contributed by atoms with Crippen LogP contribution in [0.2, 0.25) is 0 Å². The summed E-state index contributed by atoms with van der Waals surface area (Å²) in [4.78, 5) is 40.6. The summed E-state index contributed by atoms with van der Waals surface area (Å²) in [6, 6.07) is 14.6. The predicted molar refractivity (Wildman–Crippen MR) is 114 cm³/mol. The van der Waals surface area contributed by atoms with E-state index in [2.05, 4.69) is 10.3 Å². The van der Waals surface area contributed by atoms with E-state index in [0.29, 0.717) is 5.69 Å². The standard InChI is InChI=1S/C21H22FN5O3/c1-26(12-11-17(28)24-16-9-7-15(22)8-10-16)18-19(23)27(21(30)25-20(18)29)13-14-5-3-2-4-6-14/h2-10H,11-13,23H2,1H3,(H,24,28)(H,25,29,30). The highest BCUT2D eigenvalue weighted by Crippen LogP contribution is 2.17. The van der Waals surface area contributed by atoms with Gasteiger partial charge in [-0.15, -0.1) is 0 Å². The van der Waals surface area contributed by atoms with Crippen LogP contribution >= 0.6 is 0 Å². The van der Waals surface area contributed by atoms with Crippen molar-refractivity contribution in [3.05, 3.63) is 86.8 Å². The van der Waals surface area contributed by atoms with Gasteiger partial charge < -0.3 is 16.0 Å². The number of aromatic nitrogens is 2. The summed E-state index contributed by atoms with van der Waals surface area (Å²) in [6.45, 7) is 0.387. The number of carbonyl (C=O) groups is 1. The average Bonchev–Trinajstić information content (AvgIpc) is 2.72. The highest BCUT2D eigenvalue weighted by atomic mass is 19.1. The highest BCUT2D eigenvalue weighted by Gasteiger charge is 2.17. The van der Waals surface area contributed by atoms with Crippen molar-refractivity contribution in [3.63, 3.8) is 0 Å². The van der Waals surface area contributed by atoms with E-state index in [4.69, 9.17) is 5.73 Å². The molecule has 2 aromatic carbocycles. The summed E-state index contributed by atoms with van der Waals surface area (Å²) in [7, 11) is 1.61. The van der Waals surface area contributed by atoms with Crippen LogP contribution in [0.15, 0.2) is 64.2 Å². The van der Waals surface area contributed by atoms with E-state index in [1.165, 1.54) is 33.7 Å². The molecule has 3 aromatic rings. The number of nitrogens with two attached hydrogens (primary N) is 1. The maximum atomic E-state index is 13.0. The Morgan fingerprint density at radius 2 is 1.80 bits per heavy atom. The number of nitrogen functional groups attached to an aromatic ring is 1. The normalized spacial score (nSPS) is 10.6. The number of nitrogens with zero attached hydrogens (tertiary/aromatic N) is 2. The molecule has 1 heterocycles. The van der Waals surface area contributed by atoms with Crippen molar-refractivity contribution in [2.24, 2.45) is 0 Å². The molecule has 8 nitrogen and oxygen atoms in total. The van der Waals surface area contributed by atoms with Gasteiger partial charge in [-0.3, -0.25) is 19.1 Å². The van der Waals surface area contributed by atoms with Crippen LogP contribution in [0.1, 0.15) is 12.0 Å². The zero-order chi connectivity index (χ0) is 21.7. The molecule has 156 valence electrons. The molecular weight excluding hydrogens is 389 g/mol. The molecule has 9 heteroatoms. The van der Waals surface area contributed by atoms with E-state index in [-0.39, 0.29) is 36.9 Å². The first kappa shape index (κ1) is 20.8. The Morgan fingerprint density at radius 1 is 1.13 bits per heavy atom. The van der Waals surface area contributed by atoms with Crippen molar-refractivity contribution >= 4 is 23.1 Å². The number of benzene rings is 2. The van der Waals surface area contributed by atoms with Crippen LogP contribution in [-0.4, -0.2) is 29.1 Å². The van der Waals surface area contributed by atoms with Gasteiger partial charge in [0.2, 0.25) is 5.91 Å². The lowest BCUT2D eigenvalue weighted by Crippen LogP contribution is -2.38. The fraction of sp³-hybridized carbons (Fsp3) is 0.190. The third kappa shape index (κ3) is 4.93. The maximum Gasteiger partial charge on any atom is 0.330 e. The molecule has 0 saturated heterocycles. The second-order valence-corrected chi connectivity index (χ2v) is 6.79. The molecule has 0 aliphatic rings. The van der Waals surface area contributed by atoms with Gasteiger partial charge in [0, 0.05) is 25.7 Å². The van der Waals surface area contributed by atoms with Gasteiger partial charge in [0.1, 0.15) is 17.3 Å². The number of rotatable bonds is 7. The number of anilines is 3. The number of carbonyl (C=O) groups excluding carboxylic acids is 1. The van der Waals surface area contributed by atoms with E-state index >= 15 is 0 Å². The lowest BCUT2D eigenvalue weighted by Gasteiger charge is -2.21. The summed E-state index contributed by atoms with van der Waals surface area (Å²) in [6.07, 6.45) is 0.0601. The molecule has 0 radical (unpaired) electrons. The zero-order valence-electron chi connectivity index (χ0n) is 16.4. The fourth-order valence-electron chi connectivity index (χ4n) is 3.01. The third-order valence-electron chi connectivity index (χ3n) is 4.58. The first-order valence-corrected chi connectivity index (χ1v) is 9.28. The van der Waals surface area contributed by atoms with Gasteiger partial charge in [-0.05, 0) is 29.8 Å². The Morgan fingerprint density at radius 3 is 2.47 bits per heavy atom. The van der Waals surface area contributed by atoms with Gasteiger partial charge in [0.15, 0.2) is 0 Å². The van der Waals surface area contributed by atoms with Gasteiger partial charge >= 0.3 is 5.69 Å². The van der Waals surface area contributed by atoms with Crippen LogP contribution in [0.4, 0.5) is 21.6 Å². The maximum absolute atomic E-state index is 13.0. The number of nitrogens with one attached hydrogen (secondary N) is 2. The number of halogens is 1. The largest absolute Gasteiger partial charge is 0.383 e. The second-order valence-electron chi connectivity index (χ2n) is 6.79. The molecule has 30 heavy (non-hydrogen) atoms. The lowest BCUT2D eigenvalue weighted by atomic mass is 10.2. The van der Waals surface area contributed by atoms with Crippen molar-refractivity contribution < 1.29 is 9.18 Å². The van der Waals surface area contributed by atoms with Crippen molar-refractivity contribution in [1.82, 2.24) is 9.55 Å². The topological polar surface area (TPSA) is 113 Å². The summed E-state index contributed by atoms with van der Waals surface area (Å²) in [5.74, 6) is -0.678. The van der Waals surface area contributed by atoms with E-state index < -0.39 is 17.1 Å². The molecule has 0 bridgehead atoms. The molecule has 3 rings (SSSR count). The number of hydrogen-bond donors (Lipinski definition) is 3. The monoisotopic (exact) mass is 411 g/mol. The minimum absolute atomic E-state index is 0.0223. The lowest BCUT2D eigenvalue weighted by molar-refractivity contribution is -0.116. The Bertz CT molecular complexity index is 1140. The summed E-state index contributed by atoms with van der Waals surface area (Å²) in [5.41, 5.74) is 6.35. The summed E-state index contributed by atoms with van der Waals surface area (Å²) in [5, 5.41) is 2.65. The van der Waals surface area contributed by atoms with E-state index in [1.807, 2.05) is 30.3 Å². The van der Waals surface area contributed by atoms with Crippen molar-refractivity contribution in [1.29, 1.82) is 0 Å². The van der Waals surface area contributed by atoms with Crippen LogP contribution in [0.25, 0.3) is 0 Å². The van der Waals surface area contributed by atoms with Crippen LogP contribution in [0.3, 0.4) is 0 Å². The Labute approximate surface area is 171 Å². The van der Waals surface area contributed by atoms with Gasteiger partial charge in [-0.2, -0.15) is 0 Å². The van der Waals surface area contributed by atoms with E-state index in [9.17, 15) is 18.8 Å². The Balaban J connectivity index is 1.73. The fourth-order valence-corrected chi connectivity index (χ4v) is 3.01. The molecule has 0 fully saturated rings. The zero-order valence-corrected chi connectivity index (χ0v) is 16.4. The first-order valence-electron chi connectivity index (χ1n) is 9.28. The van der Waals surface area contributed by atoms with Crippen LogP contribution in [-0.2, 0) is 11.3 Å². The molecular formula is C21H22FN5O3. The van der Waals surface area contributed by atoms with Crippen LogP contribution < -0.4 is 27.2 Å². The third-order valence-corrected chi connectivity index (χ3v) is 4.58. The predicted octanol–water partition coefficient (Wildman–Crippen LogP) is 1.77. The molecule has 1 amide bonds. The minimum Gasteiger partial charge on any atom is -0.383 e. The van der Waals surface area contributed by atoms with Gasteiger partial charge in [-0.1, -0.05) is 30.3 Å². The van der Waals surface area contributed by atoms with Crippen LogP contribution in [0.5, 0.6) is 0 Å². The SMILES string of the molecule is CN(CCC(=O)Nc1ccc(F)cc1)c1c(N)n(Cc2ccccc2)c(=O)[nH]c1=O. The molecule has 0 saturated carbocycles. The molecule has 0 aliphatic heterocycles. The first-order chi connectivity index (χ1) is 14.3. The molecule has 4 N–H and O–H groups in total. The Hall–Kier alpha value is -3.88. The molecule has 0 aliphatic carbocycles.